The number of ketones is 1. The summed E-state index contributed by atoms with van der Waals surface area (Å²) in [6, 6.07) is 9.91. The lowest BCUT2D eigenvalue weighted by Crippen LogP contribution is -1.89. The molecule has 1 aromatic carbocycles. The number of benzene rings is 1. The fraction of sp³-hybridized carbons (Fsp3) is 0.0556. The first-order valence-corrected chi connectivity index (χ1v) is 7.47. The lowest BCUT2D eigenvalue weighted by Gasteiger charge is -1.99. The van der Waals surface area contributed by atoms with Crippen molar-refractivity contribution in [3.63, 3.8) is 0 Å². The summed E-state index contributed by atoms with van der Waals surface area (Å²) >= 11 is 1.51. The summed E-state index contributed by atoms with van der Waals surface area (Å²) in [5, 5.41) is 0. The number of allylic oxidation sites excluding steroid dienone is 5. The number of thiophene rings is 1. The summed E-state index contributed by atoms with van der Waals surface area (Å²) in [5.74, 6) is -0.0155. The van der Waals surface area contributed by atoms with Crippen LogP contribution < -0.4 is 0 Å². The van der Waals surface area contributed by atoms with Gasteiger partial charge in [-0.1, -0.05) is 42.5 Å². The van der Waals surface area contributed by atoms with Crippen LogP contribution in [0.15, 0.2) is 66.8 Å². The zero-order valence-electron chi connectivity index (χ0n) is 11.2. The van der Waals surface area contributed by atoms with Gasteiger partial charge < -0.3 is 0 Å². The second-order valence-electron chi connectivity index (χ2n) is 4.75. The van der Waals surface area contributed by atoms with Gasteiger partial charge in [-0.15, -0.1) is 11.3 Å². The molecule has 0 aliphatic heterocycles. The van der Waals surface area contributed by atoms with Gasteiger partial charge in [0.25, 0.3) is 0 Å². The predicted molar refractivity (Wildman–Crippen MR) is 85.1 cm³/mol. The molecule has 0 spiro atoms. The van der Waals surface area contributed by atoms with Gasteiger partial charge in [-0.2, -0.15) is 0 Å². The number of rotatable bonds is 4. The lowest BCUT2D eigenvalue weighted by molar-refractivity contribution is 0.105. The van der Waals surface area contributed by atoms with E-state index in [9.17, 15) is 9.18 Å². The average Bonchev–Trinajstić information content (AvgIpc) is 3.17. The molecule has 1 aliphatic carbocycles. The van der Waals surface area contributed by atoms with Crippen molar-refractivity contribution >= 4 is 23.2 Å². The number of carbonyl (C=O) groups excluding carboxylic acids is 1. The highest BCUT2D eigenvalue weighted by Crippen LogP contribution is 2.29. The molecule has 0 atom stereocenters. The second-order valence-corrected chi connectivity index (χ2v) is 5.86. The van der Waals surface area contributed by atoms with Gasteiger partial charge >= 0.3 is 0 Å². The molecule has 3 heteroatoms. The van der Waals surface area contributed by atoms with Gasteiger partial charge in [0, 0.05) is 10.8 Å². The van der Waals surface area contributed by atoms with Crippen LogP contribution in [0.25, 0.3) is 6.08 Å². The smallest absolute Gasteiger partial charge is 0.195 e. The van der Waals surface area contributed by atoms with Crippen molar-refractivity contribution in [2.24, 2.45) is 0 Å². The highest BCUT2D eigenvalue weighted by atomic mass is 32.1. The summed E-state index contributed by atoms with van der Waals surface area (Å²) in [6.07, 6.45) is 11.5. The van der Waals surface area contributed by atoms with Crippen molar-refractivity contribution < 1.29 is 9.18 Å². The molecule has 1 aliphatic rings. The van der Waals surface area contributed by atoms with Crippen LogP contribution in [-0.2, 0) is 0 Å². The summed E-state index contributed by atoms with van der Waals surface area (Å²) in [7, 11) is 0. The first-order valence-electron chi connectivity index (χ1n) is 6.65. The molecule has 2 aromatic rings. The van der Waals surface area contributed by atoms with Gasteiger partial charge in [-0.3, -0.25) is 4.79 Å². The van der Waals surface area contributed by atoms with Gasteiger partial charge in [0.1, 0.15) is 5.82 Å². The Labute approximate surface area is 126 Å². The molecular formula is C18H13FOS. The zero-order chi connectivity index (χ0) is 14.7. The van der Waals surface area contributed by atoms with Crippen molar-refractivity contribution in [2.75, 3.05) is 0 Å². The third kappa shape index (κ3) is 3.26. The third-order valence-electron chi connectivity index (χ3n) is 3.24. The molecule has 104 valence electrons. The minimum absolute atomic E-state index is 0.0264. The van der Waals surface area contributed by atoms with Crippen molar-refractivity contribution in [2.45, 2.75) is 5.92 Å². The minimum atomic E-state index is -0.279. The monoisotopic (exact) mass is 296 g/mol. The Morgan fingerprint density at radius 2 is 1.76 bits per heavy atom. The van der Waals surface area contributed by atoms with E-state index >= 15 is 0 Å². The molecule has 0 bridgehead atoms. The maximum atomic E-state index is 12.8. The number of carbonyl (C=O) groups is 1. The molecule has 0 saturated heterocycles. The fourth-order valence-corrected chi connectivity index (χ4v) is 3.10. The summed E-state index contributed by atoms with van der Waals surface area (Å²) < 4.78 is 12.8. The summed E-state index contributed by atoms with van der Waals surface area (Å²) in [6.45, 7) is 0. The molecule has 21 heavy (non-hydrogen) atoms. The third-order valence-corrected chi connectivity index (χ3v) is 4.44. The van der Waals surface area contributed by atoms with Gasteiger partial charge in [-0.05, 0) is 35.9 Å². The molecule has 0 unspecified atom stereocenters. The molecule has 3 rings (SSSR count). The van der Waals surface area contributed by atoms with Gasteiger partial charge in [0.05, 0.1) is 4.88 Å². The molecule has 0 amide bonds. The van der Waals surface area contributed by atoms with E-state index in [2.05, 4.69) is 12.2 Å². The largest absolute Gasteiger partial charge is 0.288 e. The van der Waals surface area contributed by atoms with Gasteiger partial charge in [0.2, 0.25) is 0 Å². The van der Waals surface area contributed by atoms with Gasteiger partial charge in [0.15, 0.2) is 5.78 Å². The molecular weight excluding hydrogens is 283 g/mol. The Kier molecular flexibility index (Phi) is 3.93. The van der Waals surface area contributed by atoms with E-state index in [0.717, 1.165) is 10.4 Å². The Bertz CT molecular complexity index is 723. The molecule has 0 saturated carbocycles. The van der Waals surface area contributed by atoms with Crippen LogP contribution >= 0.6 is 11.3 Å². The first-order chi connectivity index (χ1) is 10.2. The fourth-order valence-electron chi connectivity index (χ4n) is 2.11. The van der Waals surface area contributed by atoms with Crippen LogP contribution in [0, 0.1) is 5.82 Å². The maximum absolute atomic E-state index is 12.8. The van der Waals surface area contributed by atoms with E-state index in [0.29, 0.717) is 0 Å². The Morgan fingerprint density at radius 3 is 2.48 bits per heavy atom. The summed E-state index contributed by atoms with van der Waals surface area (Å²) in [4.78, 5) is 14.0. The van der Waals surface area contributed by atoms with E-state index in [1.807, 2.05) is 24.3 Å². The number of halogens is 1. The molecule has 0 fully saturated rings. The van der Waals surface area contributed by atoms with Crippen LogP contribution in [0.1, 0.15) is 26.0 Å². The number of hydrogen-bond acceptors (Lipinski definition) is 2. The Morgan fingerprint density at radius 1 is 1.05 bits per heavy atom. The van der Waals surface area contributed by atoms with Crippen molar-refractivity contribution in [3.8, 4) is 0 Å². The summed E-state index contributed by atoms with van der Waals surface area (Å²) in [5.41, 5.74) is 0.809. The van der Waals surface area contributed by atoms with Crippen molar-refractivity contribution in [1.82, 2.24) is 0 Å². The zero-order valence-corrected chi connectivity index (χ0v) is 12.0. The molecule has 1 heterocycles. The number of hydrogen-bond donors (Lipinski definition) is 0. The first kappa shape index (κ1) is 13.7. The maximum Gasteiger partial charge on any atom is 0.195 e. The van der Waals surface area contributed by atoms with Crippen molar-refractivity contribution in [3.05, 3.63) is 87.9 Å². The van der Waals surface area contributed by atoms with E-state index < -0.39 is 0 Å². The van der Waals surface area contributed by atoms with Crippen LogP contribution in [0.4, 0.5) is 4.39 Å². The normalized spacial score (nSPS) is 14.3. The van der Waals surface area contributed by atoms with E-state index in [1.165, 1.54) is 34.4 Å². The predicted octanol–water partition coefficient (Wildman–Crippen LogP) is 4.99. The topological polar surface area (TPSA) is 17.1 Å². The van der Waals surface area contributed by atoms with E-state index in [1.54, 1.807) is 18.2 Å². The Hall–Kier alpha value is -2.26. The Balaban J connectivity index is 1.72. The van der Waals surface area contributed by atoms with Crippen LogP contribution in [0.2, 0.25) is 0 Å². The standard InChI is InChI=1S/C18H13FOS/c19-15-8-5-13(6-9-15)7-10-16(20)18-12-11-17(21-18)14-3-1-2-4-14/h1-12,14H. The molecule has 1 nitrogen and oxygen atoms in total. The van der Waals surface area contributed by atoms with E-state index in [-0.39, 0.29) is 17.5 Å². The van der Waals surface area contributed by atoms with Crippen LogP contribution in [-0.4, -0.2) is 5.78 Å². The SMILES string of the molecule is O=C(C=Cc1ccc(F)cc1)c1ccc(C2C=CC=C2)s1. The molecule has 1 aromatic heterocycles. The molecule has 0 radical (unpaired) electrons. The highest BCUT2D eigenvalue weighted by Gasteiger charge is 2.12. The minimum Gasteiger partial charge on any atom is -0.288 e. The average molecular weight is 296 g/mol. The van der Waals surface area contributed by atoms with Crippen LogP contribution in [0.3, 0.4) is 0 Å². The lowest BCUT2D eigenvalue weighted by atomic mass is 10.1. The van der Waals surface area contributed by atoms with E-state index in [4.69, 9.17) is 0 Å². The molecule has 0 N–H and O–H groups in total. The van der Waals surface area contributed by atoms with Crippen LogP contribution in [0.5, 0.6) is 0 Å². The highest BCUT2D eigenvalue weighted by molar-refractivity contribution is 7.14. The van der Waals surface area contributed by atoms with Crippen molar-refractivity contribution in [1.29, 1.82) is 0 Å². The second kappa shape index (κ2) is 6.02. The van der Waals surface area contributed by atoms with Gasteiger partial charge in [-0.25, -0.2) is 4.39 Å². The quantitative estimate of drug-likeness (QED) is 0.573.